The Hall–Kier alpha value is -4.40. The normalized spacial score (nSPS) is 15.0. The van der Waals surface area contributed by atoms with Gasteiger partial charge in [0.1, 0.15) is 23.3 Å². The lowest BCUT2D eigenvalue weighted by Crippen LogP contribution is -2.43. The number of aromatic nitrogens is 1. The molecule has 0 fully saturated rings. The number of allylic oxidation sites excluding steroid dienone is 1. The van der Waals surface area contributed by atoms with Crippen LogP contribution in [0.15, 0.2) is 92.2 Å². The topological polar surface area (TPSA) is 77.0 Å². The summed E-state index contributed by atoms with van der Waals surface area (Å²) in [5.41, 5.74) is 3.43. The maximum absolute atomic E-state index is 14.3. The average molecular weight is 626 g/mol. The van der Waals surface area contributed by atoms with Gasteiger partial charge in [-0.15, -0.1) is 0 Å². The van der Waals surface area contributed by atoms with Crippen LogP contribution in [0.1, 0.15) is 43.7 Å². The molecule has 1 aliphatic rings. The standard InChI is InChI=1S/C35H32ClN3O4S/c1-6-38(7-2)34(41)30-21(4)37-35-39(32(30)31-25-11-9-8-10-22(25)13-16-28(31)42-5)33(40)29(44-35)19-24-15-17-27(43-24)26-18-23(36)14-12-20(26)3/h8-19,32H,6-7H2,1-5H3/b29-19+/t32-/m0/s1. The Bertz CT molecular complexity index is 2130. The van der Waals surface area contributed by atoms with Crippen molar-refractivity contribution in [1.82, 2.24) is 9.47 Å². The molecule has 9 heteroatoms. The van der Waals surface area contributed by atoms with Crippen LogP contribution < -0.4 is 19.6 Å². The van der Waals surface area contributed by atoms with E-state index in [-0.39, 0.29) is 11.5 Å². The molecular formula is C35H32ClN3O4S. The predicted molar refractivity (Wildman–Crippen MR) is 176 cm³/mol. The first kappa shape index (κ1) is 29.7. The highest BCUT2D eigenvalue weighted by Gasteiger charge is 2.36. The number of likely N-dealkylation sites (N-methyl/N-ethyl adjacent to an activating group) is 1. The van der Waals surface area contributed by atoms with E-state index in [1.807, 2.05) is 94.4 Å². The molecule has 6 rings (SSSR count). The van der Waals surface area contributed by atoms with Crippen molar-refractivity contribution in [3.8, 4) is 17.1 Å². The number of thiazole rings is 1. The van der Waals surface area contributed by atoms with Crippen molar-refractivity contribution >= 4 is 45.7 Å². The van der Waals surface area contributed by atoms with Gasteiger partial charge in [-0.25, -0.2) is 4.99 Å². The van der Waals surface area contributed by atoms with Gasteiger partial charge in [-0.3, -0.25) is 14.2 Å². The molecule has 1 amide bonds. The number of benzene rings is 3. The molecule has 0 bridgehead atoms. The zero-order valence-electron chi connectivity index (χ0n) is 25.2. The molecule has 0 saturated carbocycles. The molecule has 44 heavy (non-hydrogen) atoms. The van der Waals surface area contributed by atoms with Crippen LogP contribution in [-0.2, 0) is 4.79 Å². The first-order chi connectivity index (χ1) is 21.2. The monoisotopic (exact) mass is 625 g/mol. The van der Waals surface area contributed by atoms with Gasteiger partial charge >= 0.3 is 0 Å². The van der Waals surface area contributed by atoms with E-state index in [1.54, 1.807) is 22.7 Å². The van der Waals surface area contributed by atoms with Gasteiger partial charge in [0.25, 0.3) is 11.5 Å². The first-order valence-electron chi connectivity index (χ1n) is 14.5. The first-order valence-corrected chi connectivity index (χ1v) is 15.7. The van der Waals surface area contributed by atoms with Crippen LogP contribution >= 0.6 is 22.9 Å². The minimum Gasteiger partial charge on any atom is -0.496 e. The van der Waals surface area contributed by atoms with E-state index in [9.17, 15) is 9.59 Å². The molecule has 7 nitrogen and oxygen atoms in total. The zero-order chi connectivity index (χ0) is 31.1. The summed E-state index contributed by atoms with van der Waals surface area (Å²) in [5.74, 6) is 1.62. The van der Waals surface area contributed by atoms with Crippen LogP contribution in [0.25, 0.3) is 28.2 Å². The summed E-state index contributed by atoms with van der Waals surface area (Å²) in [6.45, 7) is 8.79. The predicted octanol–water partition coefficient (Wildman–Crippen LogP) is 6.49. The highest BCUT2D eigenvalue weighted by Crippen LogP contribution is 2.40. The van der Waals surface area contributed by atoms with Crippen LogP contribution in [0.4, 0.5) is 0 Å². The zero-order valence-corrected chi connectivity index (χ0v) is 26.8. The molecule has 2 aromatic heterocycles. The number of carbonyl (C=O) groups is 1. The fourth-order valence-corrected chi connectivity index (χ4v) is 7.05. The van der Waals surface area contributed by atoms with Crippen molar-refractivity contribution in [2.45, 2.75) is 33.7 Å². The van der Waals surface area contributed by atoms with E-state index < -0.39 is 6.04 Å². The van der Waals surface area contributed by atoms with Gasteiger partial charge in [0.05, 0.1) is 22.9 Å². The quantitative estimate of drug-likeness (QED) is 0.207. The third-order valence-electron chi connectivity index (χ3n) is 8.09. The summed E-state index contributed by atoms with van der Waals surface area (Å²) in [6.07, 6.45) is 1.73. The third-order valence-corrected chi connectivity index (χ3v) is 9.31. The highest BCUT2D eigenvalue weighted by atomic mass is 35.5. The number of methoxy groups -OCH3 is 1. The summed E-state index contributed by atoms with van der Waals surface area (Å²) in [6, 6.07) is 20.4. The van der Waals surface area contributed by atoms with Crippen LogP contribution in [-0.4, -0.2) is 35.6 Å². The van der Waals surface area contributed by atoms with Crippen LogP contribution in [0.3, 0.4) is 0 Å². The van der Waals surface area contributed by atoms with Crippen LogP contribution in [0, 0.1) is 6.92 Å². The number of fused-ring (bicyclic) bond motifs is 2. The van der Waals surface area contributed by atoms with Crippen LogP contribution in [0.2, 0.25) is 5.02 Å². The molecule has 0 aliphatic carbocycles. The Morgan fingerprint density at radius 2 is 1.86 bits per heavy atom. The average Bonchev–Trinajstić information content (AvgIpc) is 3.61. The van der Waals surface area contributed by atoms with Gasteiger partial charge in [-0.05, 0) is 74.4 Å². The molecule has 1 aliphatic heterocycles. The van der Waals surface area contributed by atoms with Gasteiger partial charge in [-0.2, -0.15) is 0 Å². The highest BCUT2D eigenvalue weighted by molar-refractivity contribution is 7.07. The molecule has 224 valence electrons. The Morgan fingerprint density at radius 1 is 1.09 bits per heavy atom. The number of ether oxygens (including phenoxy) is 1. The maximum Gasteiger partial charge on any atom is 0.271 e. The van der Waals surface area contributed by atoms with Crippen molar-refractivity contribution < 1.29 is 13.9 Å². The number of halogens is 1. The summed E-state index contributed by atoms with van der Waals surface area (Å²) in [5, 5.41) is 2.50. The van der Waals surface area contributed by atoms with Gasteiger partial charge in [0.2, 0.25) is 0 Å². The van der Waals surface area contributed by atoms with E-state index in [2.05, 4.69) is 0 Å². The number of rotatable bonds is 7. The number of aryl methyl sites for hydroxylation is 1. The molecule has 3 aromatic carbocycles. The van der Waals surface area contributed by atoms with Gasteiger partial charge < -0.3 is 14.1 Å². The molecule has 1 atom stereocenters. The van der Waals surface area contributed by atoms with Crippen molar-refractivity contribution in [2.75, 3.05) is 20.2 Å². The SMILES string of the molecule is CCN(CC)C(=O)C1=C(C)N=c2s/c(=C/c3ccc(-c4cc(Cl)ccc4C)o3)c(=O)n2[C@@H]1c1c(OC)ccc2ccccc12. The van der Waals surface area contributed by atoms with Crippen molar-refractivity contribution in [1.29, 1.82) is 0 Å². The largest absolute Gasteiger partial charge is 0.496 e. The molecule has 0 saturated heterocycles. The lowest BCUT2D eigenvalue weighted by molar-refractivity contribution is -0.127. The molecule has 0 unspecified atom stereocenters. The fraction of sp³-hybridized carbons (Fsp3) is 0.229. The number of amides is 1. The molecule has 3 heterocycles. The van der Waals surface area contributed by atoms with Crippen molar-refractivity contribution in [2.24, 2.45) is 4.99 Å². The van der Waals surface area contributed by atoms with E-state index in [0.717, 1.165) is 27.5 Å². The smallest absolute Gasteiger partial charge is 0.271 e. The number of carbonyl (C=O) groups excluding carboxylic acids is 1. The molecule has 0 radical (unpaired) electrons. The number of hydrogen-bond donors (Lipinski definition) is 0. The van der Waals surface area contributed by atoms with Crippen molar-refractivity contribution in [3.63, 3.8) is 0 Å². The summed E-state index contributed by atoms with van der Waals surface area (Å²) >= 11 is 7.52. The number of nitrogens with zero attached hydrogens (tertiary/aromatic N) is 3. The molecule has 0 N–H and O–H groups in total. The lowest BCUT2D eigenvalue weighted by Gasteiger charge is -2.30. The minimum atomic E-state index is -0.746. The minimum absolute atomic E-state index is 0.155. The maximum atomic E-state index is 14.3. The fourth-order valence-electron chi connectivity index (χ4n) is 5.85. The van der Waals surface area contributed by atoms with Gasteiger partial charge in [-0.1, -0.05) is 59.3 Å². The number of furan rings is 1. The van der Waals surface area contributed by atoms with E-state index in [0.29, 0.717) is 56.0 Å². The van der Waals surface area contributed by atoms with Crippen molar-refractivity contribution in [3.05, 3.63) is 120 Å². The lowest BCUT2D eigenvalue weighted by atomic mass is 9.90. The Morgan fingerprint density at radius 3 is 2.61 bits per heavy atom. The molecular weight excluding hydrogens is 594 g/mol. The van der Waals surface area contributed by atoms with E-state index in [4.69, 9.17) is 25.7 Å². The van der Waals surface area contributed by atoms with Gasteiger partial charge in [0.15, 0.2) is 4.80 Å². The second kappa shape index (κ2) is 11.9. The Labute approximate surface area is 264 Å². The summed E-state index contributed by atoms with van der Waals surface area (Å²) in [4.78, 5) is 35.5. The van der Waals surface area contributed by atoms with Gasteiger partial charge in [0, 0.05) is 35.3 Å². The number of hydrogen-bond acceptors (Lipinski definition) is 6. The van der Waals surface area contributed by atoms with E-state index in [1.165, 1.54) is 11.3 Å². The van der Waals surface area contributed by atoms with E-state index >= 15 is 0 Å². The summed E-state index contributed by atoms with van der Waals surface area (Å²) < 4.78 is 14.1. The third kappa shape index (κ3) is 5.08. The second-order valence-electron chi connectivity index (χ2n) is 10.6. The van der Waals surface area contributed by atoms with Crippen LogP contribution in [0.5, 0.6) is 5.75 Å². The molecule has 5 aromatic rings. The Balaban J connectivity index is 1.58. The summed E-state index contributed by atoms with van der Waals surface area (Å²) in [7, 11) is 1.61. The second-order valence-corrected chi connectivity index (χ2v) is 12.1. The molecule has 0 spiro atoms. The Kier molecular flexibility index (Phi) is 8.05.